The number of rotatable bonds is 6. The molecular formula is C22H28Cl3N5O. The quantitative estimate of drug-likeness (QED) is 0.493. The summed E-state index contributed by atoms with van der Waals surface area (Å²) in [6.45, 7) is 2.39. The summed E-state index contributed by atoms with van der Waals surface area (Å²) in [5.41, 5.74) is 7.33. The van der Waals surface area contributed by atoms with Crippen molar-refractivity contribution in [2.45, 2.75) is 50.6 Å². The van der Waals surface area contributed by atoms with E-state index in [1.165, 1.54) is 0 Å². The van der Waals surface area contributed by atoms with Gasteiger partial charge in [0.2, 0.25) is 0 Å². The molecule has 9 heteroatoms. The van der Waals surface area contributed by atoms with Crippen LogP contribution >= 0.6 is 34.8 Å². The number of aromatic nitrogens is 2. The smallest absolute Gasteiger partial charge is 0.145 e. The third kappa shape index (κ3) is 5.93. The van der Waals surface area contributed by atoms with Crippen molar-refractivity contribution in [1.29, 1.82) is 0 Å². The molecule has 1 saturated heterocycles. The van der Waals surface area contributed by atoms with Crippen LogP contribution in [-0.4, -0.2) is 41.8 Å². The van der Waals surface area contributed by atoms with Crippen molar-refractivity contribution in [3.05, 3.63) is 33.4 Å². The number of halogens is 3. The molecule has 0 spiro atoms. The molecule has 6 nitrogen and oxygen atoms in total. The Bertz CT molecular complexity index is 899. The standard InChI is InChI=1S/C22H28Cl3N5O/c23-17-10-18(24)22(28-11-13-5-7-31-8-6-13)30-21(17)16-9-20(27-12-19(16)25)29-15-3-1-14(26)2-4-15/h9-10,12-15H,1-8,11,26H2,(H,27,29)(H,28,30)/t14-,15-. The maximum absolute atomic E-state index is 6.51. The molecule has 168 valence electrons. The maximum atomic E-state index is 6.51. The summed E-state index contributed by atoms with van der Waals surface area (Å²) < 4.78 is 5.43. The summed E-state index contributed by atoms with van der Waals surface area (Å²) in [5, 5.41) is 8.31. The molecular weight excluding hydrogens is 457 g/mol. The molecule has 4 rings (SSSR count). The van der Waals surface area contributed by atoms with E-state index in [-0.39, 0.29) is 0 Å². The number of nitrogens with zero attached hydrogens (tertiary/aromatic N) is 2. The van der Waals surface area contributed by atoms with Gasteiger partial charge < -0.3 is 21.1 Å². The number of nitrogens with two attached hydrogens (primary N) is 1. The average molecular weight is 485 g/mol. The summed E-state index contributed by atoms with van der Waals surface area (Å²) in [7, 11) is 0. The number of pyridine rings is 2. The molecule has 0 unspecified atom stereocenters. The Morgan fingerprint density at radius 3 is 2.45 bits per heavy atom. The van der Waals surface area contributed by atoms with Gasteiger partial charge in [-0.3, -0.25) is 0 Å². The molecule has 1 aliphatic heterocycles. The van der Waals surface area contributed by atoms with Crippen LogP contribution < -0.4 is 16.4 Å². The van der Waals surface area contributed by atoms with Crippen LogP contribution in [0.3, 0.4) is 0 Å². The van der Waals surface area contributed by atoms with Crippen molar-refractivity contribution < 1.29 is 4.74 Å². The molecule has 2 aromatic rings. The fraction of sp³-hybridized carbons (Fsp3) is 0.545. The van der Waals surface area contributed by atoms with Crippen molar-refractivity contribution in [3.63, 3.8) is 0 Å². The van der Waals surface area contributed by atoms with E-state index in [4.69, 9.17) is 50.3 Å². The summed E-state index contributed by atoms with van der Waals surface area (Å²) >= 11 is 19.4. The zero-order valence-corrected chi connectivity index (χ0v) is 19.6. The van der Waals surface area contributed by atoms with Crippen LogP contribution in [0.4, 0.5) is 11.6 Å². The molecule has 0 bridgehead atoms. The molecule has 2 aromatic heterocycles. The highest BCUT2D eigenvalue weighted by atomic mass is 35.5. The second-order valence-electron chi connectivity index (χ2n) is 8.39. The molecule has 2 aliphatic rings. The monoisotopic (exact) mass is 483 g/mol. The first-order valence-corrected chi connectivity index (χ1v) is 12.0. The Morgan fingerprint density at radius 2 is 1.71 bits per heavy atom. The second-order valence-corrected chi connectivity index (χ2v) is 9.61. The van der Waals surface area contributed by atoms with Gasteiger partial charge in [-0.25, -0.2) is 9.97 Å². The minimum Gasteiger partial charge on any atom is -0.381 e. The summed E-state index contributed by atoms with van der Waals surface area (Å²) in [4.78, 5) is 9.17. The van der Waals surface area contributed by atoms with Crippen LogP contribution in [0.5, 0.6) is 0 Å². The zero-order valence-electron chi connectivity index (χ0n) is 17.3. The minimum absolute atomic E-state index is 0.302. The van der Waals surface area contributed by atoms with Gasteiger partial charge >= 0.3 is 0 Å². The Hall–Kier alpha value is -1.31. The van der Waals surface area contributed by atoms with Crippen molar-refractivity contribution in [3.8, 4) is 11.3 Å². The lowest BCUT2D eigenvalue weighted by Crippen LogP contribution is -2.33. The minimum atomic E-state index is 0.302. The Kier molecular flexibility index (Phi) is 7.77. The number of anilines is 2. The predicted molar refractivity (Wildman–Crippen MR) is 128 cm³/mol. The van der Waals surface area contributed by atoms with Crippen molar-refractivity contribution in [2.75, 3.05) is 30.4 Å². The van der Waals surface area contributed by atoms with Gasteiger partial charge in [-0.15, -0.1) is 0 Å². The first-order chi connectivity index (χ1) is 15.0. The normalized spacial score (nSPS) is 22.3. The van der Waals surface area contributed by atoms with Gasteiger partial charge in [-0.1, -0.05) is 34.8 Å². The van der Waals surface area contributed by atoms with Gasteiger partial charge in [0.15, 0.2) is 0 Å². The van der Waals surface area contributed by atoms with Crippen molar-refractivity contribution in [2.24, 2.45) is 11.7 Å². The Labute approximate surface area is 198 Å². The van der Waals surface area contributed by atoms with Crippen LogP contribution in [0.2, 0.25) is 15.1 Å². The van der Waals surface area contributed by atoms with Gasteiger partial charge in [0, 0.05) is 43.6 Å². The lowest BCUT2D eigenvalue weighted by molar-refractivity contribution is 0.0699. The van der Waals surface area contributed by atoms with Crippen molar-refractivity contribution >= 4 is 46.4 Å². The fourth-order valence-electron chi connectivity index (χ4n) is 4.14. The van der Waals surface area contributed by atoms with Gasteiger partial charge in [-0.2, -0.15) is 0 Å². The number of hydrogen-bond donors (Lipinski definition) is 3. The second kappa shape index (κ2) is 10.5. The Balaban J connectivity index is 1.53. The molecule has 0 amide bonds. The van der Waals surface area contributed by atoms with Crippen LogP contribution in [0.15, 0.2) is 18.3 Å². The van der Waals surface area contributed by atoms with Crippen LogP contribution in [0.1, 0.15) is 38.5 Å². The number of ether oxygens (including phenoxy) is 1. The topological polar surface area (TPSA) is 85.1 Å². The van der Waals surface area contributed by atoms with Gasteiger partial charge in [0.25, 0.3) is 0 Å². The van der Waals surface area contributed by atoms with E-state index in [9.17, 15) is 0 Å². The summed E-state index contributed by atoms with van der Waals surface area (Å²) in [6.07, 6.45) is 7.79. The number of hydrogen-bond acceptors (Lipinski definition) is 6. The number of nitrogens with one attached hydrogen (secondary N) is 2. The molecule has 0 radical (unpaired) electrons. The van der Waals surface area contributed by atoms with E-state index in [2.05, 4.69) is 15.6 Å². The molecule has 31 heavy (non-hydrogen) atoms. The van der Waals surface area contributed by atoms with Crippen LogP contribution in [0, 0.1) is 5.92 Å². The molecule has 3 heterocycles. The van der Waals surface area contributed by atoms with E-state index >= 15 is 0 Å². The fourth-order valence-corrected chi connectivity index (χ4v) is 4.86. The summed E-state index contributed by atoms with van der Waals surface area (Å²) in [6, 6.07) is 4.27. The van der Waals surface area contributed by atoms with Gasteiger partial charge in [-0.05, 0) is 56.6 Å². The average Bonchev–Trinajstić information content (AvgIpc) is 2.77. The highest BCUT2D eigenvalue weighted by Crippen LogP contribution is 2.37. The largest absolute Gasteiger partial charge is 0.381 e. The molecule has 0 atom stereocenters. The molecule has 0 aromatic carbocycles. The maximum Gasteiger partial charge on any atom is 0.145 e. The zero-order chi connectivity index (χ0) is 21.8. The van der Waals surface area contributed by atoms with Crippen LogP contribution in [-0.2, 0) is 4.74 Å². The first kappa shape index (κ1) is 22.9. The highest BCUT2D eigenvalue weighted by molar-refractivity contribution is 6.38. The van der Waals surface area contributed by atoms with Gasteiger partial charge in [0.1, 0.15) is 11.6 Å². The summed E-state index contributed by atoms with van der Waals surface area (Å²) in [5.74, 6) is 1.90. The predicted octanol–water partition coefficient (Wildman–Crippen LogP) is 5.62. The molecule has 1 aliphatic carbocycles. The Morgan fingerprint density at radius 1 is 0.968 bits per heavy atom. The lowest BCUT2D eigenvalue weighted by atomic mass is 9.92. The van der Waals surface area contributed by atoms with E-state index in [0.29, 0.717) is 44.6 Å². The first-order valence-electron chi connectivity index (χ1n) is 10.8. The molecule has 2 fully saturated rings. The third-order valence-electron chi connectivity index (χ3n) is 6.06. The van der Waals surface area contributed by atoms with E-state index in [0.717, 1.165) is 69.7 Å². The molecule has 4 N–H and O–H groups in total. The third-order valence-corrected chi connectivity index (χ3v) is 6.94. The van der Waals surface area contributed by atoms with Gasteiger partial charge in [0.05, 0.1) is 20.8 Å². The van der Waals surface area contributed by atoms with E-state index in [1.807, 2.05) is 6.07 Å². The van der Waals surface area contributed by atoms with Crippen LogP contribution in [0.25, 0.3) is 11.3 Å². The lowest BCUT2D eigenvalue weighted by Gasteiger charge is -2.27. The highest BCUT2D eigenvalue weighted by Gasteiger charge is 2.21. The van der Waals surface area contributed by atoms with E-state index in [1.54, 1.807) is 12.3 Å². The van der Waals surface area contributed by atoms with E-state index < -0.39 is 0 Å². The molecule has 1 saturated carbocycles. The SMILES string of the molecule is N[C@H]1CC[C@H](Nc2cc(-c3nc(NCC4CCOCC4)c(Cl)cc3Cl)c(Cl)cn2)CC1. The van der Waals surface area contributed by atoms with Crippen molar-refractivity contribution in [1.82, 2.24) is 9.97 Å².